The molecule has 3 aromatic rings. The summed E-state index contributed by atoms with van der Waals surface area (Å²) in [6, 6.07) is 11.7. The van der Waals surface area contributed by atoms with E-state index in [2.05, 4.69) is 24.1 Å². The van der Waals surface area contributed by atoms with Gasteiger partial charge in [-0.05, 0) is 63.9 Å². The SMILES string of the molecule is CCN(CC)c1ccc2cc(C(=O)Nc3c(C)cc(C)cc3C)c(=N)oc2c1. The summed E-state index contributed by atoms with van der Waals surface area (Å²) in [6.07, 6.45) is 0. The Balaban J connectivity index is 1.97. The number of carbonyl (C=O) groups excluding carboxylic acids is 1. The second-order valence-corrected chi connectivity index (χ2v) is 7.11. The van der Waals surface area contributed by atoms with Crippen molar-refractivity contribution in [3.05, 3.63) is 64.2 Å². The summed E-state index contributed by atoms with van der Waals surface area (Å²) in [7, 11) is 0. The fourth-order valence-corrected chi connectivity index (χ4v) is 3.63. The summed E-state index contributed by atoms with van der Waals surface area (Å²) >= 11 is 0. The van der Waals surface area contributed by atoms with Crippen molar-refractivity contribution in [3.8, 4) is 0 Å². The third-order valence-corrected chi connectivity index (χ3v) is 5.04. The van der Waals surface area contributed by atoms with E-state index >= 15 is 0 Å². The summed E-state index contributed by atoms with van der Waals surface area (Å²) in [6.45, 7) is 12.0. The third-order valence-electron chi connectivity index (χ3n) is 5.04. The molecule has 0 atom stereocenters. The number of nitrogens with one attached hydrogen (secondary N) is 2. The summed E-state index contributed by atoms with van der Waals surface area (Å²) in [5, 5.41) is 12.0. The van der Waals surface area contributed by atoms with E-state index in [1.807, 2.05) is 51.1 Å². The highest BCUT2D eigenvalue weighted by atomic mass is 16.3. The molecule has 3 rings (SSSR count). The zero-order valence-electron chi connectivity index (χ0n) is 17.1. The van der Waals surface area contributed by atoms with Crippen molar-refractivity contribution in [1.29, 1.82) is 5.41 Å². The van der Waals surface area contributed by atoms with E-state index in [1.165, 1.54) is 0 Å². The molecule has 0 aliphatic rings. The Kier molecular flexibility index (Phi) is 5.54. The average molecular weight is 377 g/mol. The molecule has 5 nitrogen and oxygen atoms in total. The van der Waals surface area contributed by atoms with Gasteiger partial charge in [0.15, 0.2) is 0 Å². The molecule has 1 aromatic heterocycles. The van der Waals surface area contributed by atoms with Gasteiger partial charge in [-0.1, -0.05) is 17.7 Å². The number of benzene rings is 2. The normalized spacial score (nSPS) is 10.9. The van der Waals surface area contributed by atoms with Crippen LogP contribution in [-0.2, 0) is 0 Å². The van der Waals surface area contributed by atoms with Gasteiger partial charge in [-0.15, -0.1) is 0 Å². The van der Waals surface area contributed by atoms with Gasteiger partial charge in [0.2, 0.25) is 5.55 Å². The van der Waals surface area contributed by atoms with Crippen LogP contribution in [0.1, 0.15) is 40.9 Å². The maximum Gasteiger partial charge on any atom is 0.261 e. The van der Waals surface area contributed by atoms with Gasteiger partial charge in [0, 0.05) is 35.9 Å². The van der Waals surface area contributed by atoms with Crippen LogP contribution in [0.5, 0.6) is 0 Å². The van der Waals surface area contributed by atoms with Crippen molar-refractivity contribution in [2.45, 2.75) is 34.6 Å². The predicted octanol–water partition coefficient (Wildman–Crippen LogP) is 4.94. The molecule has 1 heterocycles. The van der Waals surface area contributed by atoms with Gasteiger partial charge in [-0.2, -0.15) is 0 Å². The first kappa shape index (κ1) is 19.7. The summed E-state index contributed by atoms with van der Waals surface area (Å²) < 4.78 is 5.69. The van der Waals surface area contributed by atoms with Gasteiger partial charge < -0.3 is 14.6 Å². The maximum atomic E-state index is 12.8. The first-order chi connectivity index (χ1) is 13.3. The lowest BCUT2D eigenvalue weighted by atomic mass is 10.0. The van der Waals surface area contributed by atoms with E-state index in [-0.39, 0.29) is 17.0 Å². The molecule has 28 heavy (non-hydrogen) atoms. The van der Waals surface area contributed by atoms with E-state index in [0.29, 0.717) is 5.58 Å². The Labute approximate surface area is 165 Å². The Morgan fingerprint density at radius 1 is 1.04 bits per heavy atom. The summed E-state index contributed by atoms with van der Waals surface area (Å²) in [5.74, 6) is -0.335. The molecule has 0 unspecified atom stereocenters. The standard InChI is InChI=1S/C23H27N3O2/c1-6-26(7-2)18-9-8-17-12-19(22(24)28-20(17)13-18)23(27)25-21-15(4)10-14(3)11-16(21)5/h8-13,24H,6-7H2,1-5H3,(H,25,27). The quantitative estimate of drug-likeness (QED) is 0.662. The molecule has 0 aliphatic carbocycles. The van der Waals surface area contributed by atoms with Crippen molar-refractivity contribution in [1.82, 2.24) is 0 Å². The van der Waals surface area contributed by atoms with Crippen LogP contribution < -0.4 is 15.8 Å². The molecule has 0 saturated heterocycles. The number of hydrogen-bond acceptors (Lipinski definition) is 4. The highest BCUT2D eigenvalue weighted by molar-refractivity contribution is 6.06. The molecule has 2 aromatic carbocycles. The molecular weight excluding hydrogens is 350 g/mol. The molecule has 5 heteroatoms. The lowest BCUT2D eigenvalue weighted by Gasteiger charge is -2.21. The average Bonchev–Trinajstić information content (AvgIpc) is 2.64. The number of fused-ring (bicyclic) bond motifs is 1. The molecule has 1 amide bonds. The first-order valence-electron chi connectivity index (χ1n) is 9.60. The van der Waals surface area contributed by atoms with Crippen LogP contribution >= 0.6 is 0 Å². The molecule has 146 valence electrons. The van der Waals surface area contributed by atoms with Crippen molar-refractivity contribution in [2.24, 2.45) is 0 Å². The number of anilines is 2. The third kappa shape index (κ3) is 3.79. The molecule has 2 N–H and O–H groups in total. The van der Waals surface area contributed by atoms with E-state index in [0.717, 1.165) is 46.5 Å². The van der Waals surface area contributed by atoms with Crippen molar-refractivity contribution in [2.75, 3.05) is 23.3 Å². The molecular formula is C23H27N3O2. The molecule has 0 fully saturated rings. The topological polar surface area (TPSA) is 69.3 Å². The number of carbonyl (C=O) groups is 1. The molecule has 0 aliphatic heterocycles. The van der Waals surface area contributed by atoms with Crippen LogP contribution in [0.3, 0.4) is 0 Å². The van der Waals surface area contributed by atoms with Gasteiger partial charge in [0.05, 0.1) is 0 Å². The highest BCUT2D eigenvalue weighted by Gasteiger charge is 2.15. The number of hydrogen-bond donors (Lipinski definition) is 2. The number of aryl methyl sites for hydroxylation is 3. The van der Waals surface area contributed by atoms with Crippen LogP contribution in [-0.4, -0.2) is 19.0 Å². The monoisotopic (exact) mass is 377 g/mol. The minimum absolute atomic E-state index is 0.135. The molecule has 0 saturated carbocycles. The lowest BCUT2D eigenvalue weighted by molar-refractivity contribution is 0.102. The summed E-state index contributed by atoms with van der Waals surface area (Å²) in [5.41, 5.74) is 5.67. The maximum absolute atomic E-state index is 12.8. The van der Waals surface area contributed by atoms with Gasteiger partial charge in [-0.3, -0.25) is 10.2 Å². The largest absolute Gasteiger partial charge is 0.438 e. The summed E-state index contributed by atoms with van der Waals surface area (Å²) in [4.78, 5) is 15.0. The van der Waals surface area contributed by atoms with Gasteiger partial charge in [0.1, 0.15) is 11.1 Å². The number of amides is 1. The fraction of sp³-hybridized carbons (Fsp3) is 0.304. The Morgan fingerprint density at radius 3 is 2.29 bits per heavy atom. The Morgan fingerprint density at radius 2 is 1.68 bits per heavy atom. The van der Waals surface area contributed by atoms with E-state index in [9.17, 15) is 4.79 Å². The van der Waals surface area contributed by atoms with Gasteiger partial charge in [-0.25, -0.2) is 0 Å². The minimum atomic E-state index is -0.335. The Bertz CT molecular complexity index is 1070. The van der Waals surface area contributed by atoms with Crippen LogP contribution in [0.2, 0.25) is 0 Å². The smallest absolute Gasteiger partial charge is 0.261 e. The van der Waals surface area contributed by atoms with Crippen LogP contribution in [0.25, 0.3) is 11.0 Å². The van der Waals surface area contributed by atoms with Crippen LogP contribution in [0.15, 0.2) is 40.8 Å². The fourth-order valence-electron chi connectivity index (χ4n) is 3.63. The van der Waals surface area contributed by atoms with Crippen molar-refractivity contribution < 1.29 is 9.21 Å². The number of rotatable bonds is 5. The molecule has 0 bridgehead atoms. The minimum Gasteiger partial charge on any atom is -0.438 e. The highest BCUT2D eigenvalue weighted by Crippen LogP contribution is 2.24. The lowest BCUT2D eigenvalue weighted by Crippen LogP contribution is -2.22. The van der Waals surface area contributed by atoms with Crippen LogP contribution in [0.4, 0.5) is 11.4 Å². The Hall–Kier alpha value is -3.08. The predicted molar refractivity (Wildman–Crippen MR) is 114 cm³/mol. The molecule has 0 spiro atoms. The van der Waals surface area contributed by atoms with Crippen molar-refractivity contribution in [3.63, 3.8) is 0 Å². The van der Waals surface area contributed by atoms with Crippen molar-refractivity contribution >= 4 is 28.3 Å². The van der Waals surface area contributed by atoms with Gasteiger partial charge in [0.25, 0.3) is 5.91 Å². The second-order valence-electron chi connectivity index (χ2n) is 7.11. The second kappa shape index (κ2) is 7.89. The zero-order chi connectivity index (χ0) is 20.4. The van der Waals surface area contributed by atoms with Gasteiger partial charge >= 0.3 is 0 Å². The molecule has 0 radical (unpaired) electrons. The van der Waals surface area contributed by atoms with E-state index in [1.54, 1.807) is 6.07 Å². The number of nitrogens with zero attached hydrogens (tertiary/aromatic N) is 1. The van der Waals surface area contributed by atoms with E-state index in [4.69, 9.17) is 9.83 Å². The first-order valence-corrected chi connectivity index (χ1v) is 9.60. The zero-order valence-corrected chi connectivity index (χ0v) is 17.1. The van der Waals surface area contributed by atoms with Crippen LogP contribution in [0, 0.1) is 26.2 Å². The van der Waals surface area contributed by atoms with E-state index < -0.39 is 0 Å².